The van der Waals surface area contributed by atoms with Crippen LogP contribution in [0.3, 0.4) is 0 Å². The number of H-pyrrole nitrogens is 1. The predicted molar refractivity (Wildman–Crippen MR) is 129 cm³/mol. The molecule has 0 saturated heterocycles. The molecule has 0 spiro atoms. The standard InChI is InChI=1S/C25H23Cl2N5O/c26-17-2-1-3-18(27)21(17)22-28-19-5-4-16(9-20(19)29-22)23-31-32-24(33-23)30-25-10-13-6-14(11-25)8-15(7-13)12-25/h1-5,9,13-15H,6-8,10-12H2,(H,28,29)(H,30,32). The highest BCUT2D eigenvalue weighted by Crippen LogP contribution is 2.56. The van der Waals surface area contributed by atoms with Gasteiger partial charge in [0.1, 0.15) is 5.82 Å². The Morgan fingerprint density at radius 2 is 1.64 bits per heavy atom. The van der Waals surface area contributed by atoms with Crippen LogP contribution in [0, 0.1) is 17.8 Å². The molecule has 4 fully saturated rings. The molecule has 0 radical (unpaired) electrons. The van der Waals surface area contributed by atoms with Crippen LogP contribution >= 0.6 is 23.2 Å². The number of aromatic nitrogens is 4. The van der Waals surface area contributed by atoms with Gasteiger partial charge in [0.05, 0.1) is 26.6 Å². The Morgan fingerprint density at radius 1 is 0.939 bits per heavy atom. The molecule has 33 heavy (non-hydrogen) atoms. The van der Waals surface area contributed by atoms with Crippen LogP contribution in [-0.4, -0.2) is 25.7 Å². The van der Waals surface area contributed by atoms with Gasteiger partial charge < -0.3 is 14.7 Å². The molecular weight excluding hydrogens is 457 g/mol. The molecule has 0 unspecified atom stereocenters. The van der Waals surface area contributed by atoms with Crippen LogP contribution in [0.25, 0.3) is 33.9 Å². The van der Waals surface area contributed by atoms with E-state index in [2.05, 4.69) is 25.5 Å². The van der Waals surface area contributed by atoms with Crippen LogP contribution in [-0.2, 0) is 0 Å². The van der Waals surface area contributed by atoms with Crippen molar-refractivity contribution in [1.29, 1.82) is 0 Å². The van der Waals surface area contributed by atoms with Crippen molar-refractivity contribution in [1.82, 2.24) is 20.2 Å². The summed E-state index contributed by atoms with van der Waals surface area (Å²) in [5.74, 6) is 3.70. The molecule has 8 heteroatoms. The van der Waals surface area contributed by atoms with E-state index in [1.54, 1.807) is 12.1 Å². The number of hydrogen-bond acceptors (Lipinski definition) is 5. The maximum absolute atomic E-state index is 6.36. The molecule has 0 atom stereocenters. The van der Waals surface area contributed by atoms with Gasteiger partial charge in [0.15, 0.2) is 0 Å². The minimum atomic E-state index is 0.134. The van der Waals surface area contributed by atoms with Crippen molar-refractivity contribution < 1.29 is 4.42 Å². The first-order valence-corrected chi connectivity index (χ1v) is 12.4. The summed E-state index contributed by atoms with van der Waals surface area (Å²) in [5, 5.41) is 13.4. The van der Waals surface area contributed by atoms with E-state index in [1.807, 2.05) is 24.3 Å². The Labute approximate surface area is 201 Å². The summed E-state index contributed by atoms with van der Waals surface area (Å²) in [6.07, 6.45) is 7.89. The SMILES string of the molecule is Clc1cccc(Cl)c1-c1nc2ccc(-c3nnc(NC45CC6CC(CC(C6)C4)C5)o3)cc2[nH]1. The van der Waals surface area contributed by atoms with E-state index in [1.165, 1.54) is 38.5 Å². The topological polar surface area (TPSA) is 79.6 Å². The molecule has 2 N–H and O–H groups in total. The lowest BCUT2D eigenvalue weighted by Gasteiger charge is -2.56. The number of anilines is 1. The molecule has 4 aliphatic rings. The van der Waals surface area contributed by atoms with Crippen molar-refractivity contribution >= 4 is 40.2 Å². The van der Waals surface area contributed by atoms with Gasteiger partial charge in [0.25, 0.3) is 0 Å². The monoisotopic (exact) mass is 479 g/mol. The first-order valence-electron chi connectivity index (χ1n) is 11.6. The highest BCUT2D eigenvalue weighted by atomic mass is 35.5. The van der Waals surface area contributed by atoms with Crippen molar-refractivity contribution in [3.63, 3.8) is 0 Å². The highest BCUT2D eigenvalue weighted by molar-refractivity contribution is 6.39. The van der Waals surface area contributed by atoms with E-state index in [9.17, 15) is 0 Å². The fraction of sp³-hybridized carbons (Fsp3) is 0.400. The smallest absolute Gasteiger partial charge is 0.316 e. The molecule has 4 saturated carbocycles. The van der Waals surface area contributed by atoms with Crippen molar-refractivity contribution in [2.45, 2.75) is 44.1 Å². The molecule has 0 aliphatic heterocycles. The normalized spacial score (nSPS) is 28.0. The van der Waals surface area contributed by atoms with E-state index in [4.69, 9.17) is 27.6 Å². The van der Waals surface area contributed by atoms with Gasteiger partial charge in [0.2, 0.25) is 5.89 Å². The van der Waals surface area contributed by atoms with Gasteiger partial charge in [0, 0.05) is 11.1 Å². The van der Waals surface area contributed by atoms with Gasteiger partial charge in [-0.05, 0) is 86.6 Å². The van der Waals surface area contributed by atoms with Crippen LogP contribution in [0.15, 0.2) is 40.8 Å². The maximum atomic E-state index is 6.36. The van der Waals surface area contributed by atoms with Gasteiger partial charge in [-0.25, -0.2) is 4.98 Å². The summed E-state index contributed by atoms with van der Waals surface area (Å²) in [5.41, 5.74) is 3.34. The third-order valence-corrected chi connectivity index (χ3v) is 8.39. The Hall–Kier alpha value is -2.57. The molecule has 4 aliphatic carbocycles. The average molecular weight is 480 g/mol. The van der Waals surface area contributed by atoms with E-state index < -0.39 is 0 Å². The van der Waals surface area contributed by atoms with Crippen molar-refractivity contribution in [2.24, 2.45) is 17.8 Å². The zero-order chi connectivity index (χ0) is 22.2. The van der Waals surface area contributed by atoms with Crippen molar-refractivity contribution in [3.8, 4) is 22.8 Å². The largest absolute Gasteiger partial charge is 0.403 e. The summed E-state index contributed by atoms with van der Waals surface area (Å²) >= 11 is 12.7. The zero-order valence-corrected chi connectivity index (χ0v) is 19.5. The summed E-state index contributed by atoms with van der Waals surface area (Å²) < 4.78 is 6.08. The van der Waals surface area contributed by atoms with Gasteiger partial charge in [-0.3, -0.25) is 0 Å². The number of fused-ring (bicyclic) bond motifs is 1. The summed E-state index contributed by atoms with van der Waals surface area (Å²) in [6, 6.07) is 11.8. The molecule has 168 valence electrons. The van der Waals surface area contributed by atoms with E-state index >= 15 is 0 Å². The number of imidazole rings is 1. The van der Waals surface area contributed by atoms with Crippen LogP contribution in [0.1, 0.15) is 38.5 Å². The third-order valence-electron chi connectivity index (χ3n) is 7.76. The second-order valence-corrected chi connectivity index (χ2v) is 11.0. The Morgan fingerprint density at radius 3 is 2.33 bits per heavy atom. The van der Waals surface area contributed by atoms with Gasteiger partial charge >= 0.3 is 6.01 Å². The molecule has 4 aromatic rings. The van der Waals surface area contributed by atoms with E-state index in [0.29, 0.717) is 33.3 Å². The predicted octanol–water partition coefficient (Wildman–Crippen LogP) is 6.97. The van der Waals surface area contributed by atoms with Crippen LogP contribution < -0.4 is 5.32 Å². The minimum absolute atomic E-state index is 0.134. The fourth-order valence-electron chi connectivity index (χ4n) is 6.87. The van der Waals surface area contributed by atoms with E-state index in [-0.39, 0.29) is 5.54 Å². The number of aromatic amines is 1. The lowest BCUT2D eigenvalue weighted by atomic mass is 9.53. The number of hydrogen-bond donors (Lipinski definition) is 2. The minimum Gasteiger partial charge on any atom is -0.403 e. The molecule has 0 amide bonds. The first kappa shape index (κ1) is 19.9. The Bertz CT molecular complexity index is 1320. The van der Waals surface area contributed by atoms with Crippen LogP contribution in [0.4, 0.5) is 6.01 Å². The molecule has 2 aromatic carbocycles. The lowest BCUT2D eigenvalue weighted by molar-refractivity contribution is 0.00964. The van der Waals surface area contributed by atoms with Crippen molar-refractivity contribution in [3.05, 3.63) is 46.4 Å². The molecule has 2 heterocycles. The highest BCUT2D eigenvalue weighted by Gasteiger charge is 2.51. The quantitative estimate of drug-likeness (QED) is 0.330. The first-order chi connectivity index (χ1) is 16.0. The number of rotatable bonds is 4. The molecular formula is C25H23Cl2N5O. The lowest BCUT2D eigenvalue weighted by Crippen LogP contribution is -2.54. The number of halogens is 2. The van der Waals surface area contributed by atoms with Gasteiger partial charge in [-0.2, -0.15) is 0 Å². The Kier molecular flexibility index (Phi) is 4.34. The fourth-order valence-corrected chi connectivity index (χ4v) is 7.44. The second-order valence-electron chi connectivity index (χ2n) is 10.1. The number of nitrogens with zero attached hydrogens (tertiary/aromatic N) is 3. The molecule has 4 bridgehead atoms. The molecule has 8 rings (SSSR count). The van der Waals surface area contributed by atoms with Gasteiger partial charge in [-0.15, -0.1) is 5.10 Å². The number of benzene rings is 2. The summed E-state index contributed by atoms with van der Waals surface area (Å²) in [4.78, 5) is 7.99. The molecule has 2 aromatic heterocycles. The average Bonchev–Trinajstić information content (AvgIpc) is 3.38. The summed E-state index contributed by atoms with van der Waals surface area (Å²) in [6.45, 7) is 0. The summed E-state index contributed by atoms with van der Waals surface area (Å²) in [7, 11) is 0. The Balaban J connectivity index is 1.17. The molecule has 6 nitrogen and oxygen atoms in total. The number of nitrogens with one attached hydrogen (secondary N) is 2. The van der Waals surface area contributed by atoms with Crippen LogP contribution in [0.2, 0.25) is 10.0 Å². The third kappa shape index (κ3) is 3.34. The van der Waals surface area contributed by atoms with E-state index in [0.717, 1.165) is 34.4 Å². The maximum Gasteiger partial charge on any atom is 0.316 e. The van der Waals surface area contributed by atoms with Crippen LogP contribution in [0.5, 0.6) is 0 Å². The van der Waals surface area contributed by atoms with Gasteiger partial charge in [-0.1, -0.05) is 34.4 Å². The second kappa shape index (κ2) is 7.21. The zero-order valence-electron chi connectivity index (χ0n) is 17.9. The van der Waals surface area contributed by atoms with Crippen molar-refractivity contribution in [2.75, 3.05) is 5.32 Å².